The van der Waals surface area contributed by atoms with Crippen molar-refractivity contribution in [1.29, 1.82) is 0 Å². The lowest BCUT2D eigenvalue weighted by Crippen LogP contribution is -2.51. The summed E-state index contributed by atoms with van der Waals surface area (Å²) in [6.07, 6.45) is 4.26. The van der Waals surface area contributed by atoms with Gasteiger partial charge in [0, 0.05) is 75.0 Å². The smallest absolute Gasteiger partial charge is 0.369 e. The number of aromatic amines is 1. The zero-order chi connectivity index (χ0) is 26.5. The van der Waals surface area contributed by atoms with Crippen LogP contribution < -0.4 is 10.2 Å². The second-order valence-electron chi connectivity index (χ2n) is 10.2. The molecule has 3 aromatic rings. The number of piperidine rings is 1. The van der Waals surface area contributed by atoms with Crippen molar-refractivity contribution in [3.8, 4) is 11.3 Å². The van der Waals surface area contributed by atoms with Crippen molar-refractivity contribution >= 4 is 11.6 Å². The first-order chi connectivity index (χ1) is 18.4. The lowest BCUT2D eigenvalue weighted by molar-refractivity contribution is -0.137. The van der Waals surface area contributed by atoms with E-state index in [1.807, 2.05) is 24.5 Å². The van der Waals surface area contributed by atoms with E-state index in [9.17, 15) is 13.2 Å². The van der Waals surface area contributed by atoms with Crippen LogP contribution in [0.3, 0.4) is 0 Å². The summed E-state index contributed by atoms with van der Waals surface area (Å²) in [5, 5.41) is 10.9. The van der Waals surface area contributed by atoms with Crippen LogP contribution in [0.5, 0.6) is 0 Å². The Kier molecular flexibility index (Phi) is 8.13. The second-order valence-corrected chi connectivity index (χ2v) is 10.2. The third-order valence-electron chi connectivity index (χ3n) is 7.41. The van der Waals surface area contributed by atoms with Crippen molar-refractivity contribution in [3.05, 3.63) is 54.0 Å². The Labute approximate surface area is 221 Å². The van der Waals surface area contributed by atoms with Gasteiger partial charge in [0.25, 0.3) is 0 Å². The Morgan fingerprint density at radius 2 is 1.82 bits per heavy atom. The third-order valence-corrected chi connectivity index (χ3v) is 7.41. The fraction of sp³-hybridized carbons (Fsp3) is 0.519. The minimum atomic E-state index is -4.38. The van der Waals surface area contributed by atoms with E-state index in [1.165, 1.54) is 38.4 Å². The van der Waals surface area contributed by atoms with Gasteiger partial charge in [0.1, 0.15) is 11.6 Å². The van der Waals surface area contributed by atoms with E-state index in [-0.39, 0.29) is 6.04 Å². The first kappa shape index (κ1) is 26.4. The molecule has 0 bridgehead atoms. The molecule has 5 heterocycles. The van der Waals surface area contributed by atoms with Crippen LogP contribution >= 0.6 is 0 Å². The standard InChI is InChI=1S/C27H35F3N8/c1-20-18-37(13-14-38(20)25-8-6-23(17-33-25)27(28,29)30)19-22-16-34-35-26(22)21-5-7-24(32-15-21)31-9-12-36-10-3-2-4-11-36/h5-8,15-17,20H,2-4,9-14,18-19H2,1H3,(H,31,32)(H,34,35)/t20-/m1/s1. The topological polar surface area (TPSA) is 76.2 Å². The normalized spacial score (nSPS) is 19.6. The zero-order valence-corrected chi connectivity index (χ0v) is 21.7. The minimum Gasteiger partial charge on any atom is -0.369 e. The summed E-state index contributed by atoms with van der Waals surface area (Å²) in [6.45, 7) is 9.32. The van der Waals surface area contributed by atoms with Crippen LogP contribution in [0.15, 0.2) is 42.9 Å². The quantitative estimate of drug-likeness (QED) is 0.446. The molecule has 38 heavy (non-hydrogen) atoms. The molecule has 1 atom stereocenters. The Morgan fingerprint density at radius 1 is 0.974 bits per heavy atom. The lowest BCUT2D eigenvalue weighted by atomic mass is 10.1. The number of piperazine rings is 1. The number of nitrogens with zero attached hydrogens (tertiary/aromatic N) is 6. The van der Waals surface area contributed by atoms with Crippen molar-refractivity contribution in [2.45, 2.75) is 44.9 Å². The van der Waals surface area contributed by atoms with Gasteiger partial charge in [-0.3, -0.25) is 10.00 Å². The van der Waals surface area contributed by atoms with E-state index in [0.29, 0.717) is 12.4 Å². The summed E-state index contributed by atoms with van der Waals surface area (Å²) in [4.78, 5) is 15.6. The maximum Gasteiger partial charge on any atom is 0.417 e. The number of anilines is 2. The van der Waals surface area contributed by atoms with E-state index in [1.54, 1.807) is 0 Å². The van der Waals surface area contributed by atoms with E-state index < -0.39 is 11.7 Å². The number of rotatable bonds is 8. The number of hydrogen-bond acceptors (Lipinski definition) is 7. The van der Waals surface area contributed by atoms with Gasteiger partial charge in [-0.1, -0.05) is 6.42 Å². The van der Waals surface area contributed by atoms with Crippen LogP contribution in [0.25, 0.3) is 11.3 Å². The third kappa shape index (κ3) is 6.44. The molecule has 0 saturated carbocycles. The fourth-order valence-electron chi connectivity index (χ4n) is 5.33. The molecule has 0 spiro atoms. The molecule has 2 saturated heterocycles. The molecular formula is C27H35F3N8. The second kappa shape index (κ2) is 11.7. The molecule has 3 aromatic heterocycles. The molecule has 2 N–H and O–H groups in total. The molecule has 2 aliphatic rings. The Hall–Kier alpha value is -3.18. The fourth-order valence-corrected chi connectivity index (χ4v) is 5.33. The van der Waals surface area contributed by atoms with Crippen LogP contribution in [-0.4, -0.2) is 81.8 Å². The van der Waals surface area contributed by atoms with E-state index >= 15 is 0 Å². The van der Waals surface area contributed by atoms with Crippen LogP contribution in [0, 0.1) is 0 Å². The van der Waals surface area contributed by atoms with Gasteiger partial charge in [0.15, 0.2) is 0 Å². The predicted molar refractivity (Wildman–Crippen MR) is 142 cm³/mol. The summed E-state index contributed by atoms with van der Waals surface area (Å²) in [5.41, 5.74) is 2.21. The highest BCUT2D eigenvalue weighted by atomic mass is 19.4. The molecule has 5 rings (SSSR count). The summed E-state index contributed by atoms with van der Waals surface area (Å²) >= 11 is 0. The SMILES string of the molecule is C[C@@H]1CN(Cc2c[nH]nc2-c2ccc(NCCN3CCCCC3)nc2)CCN1c1ccc(C(F)(F)F)cn1. The molecule has 2 aliphatic heterocycles. The first-order valence-electron chi connectivity index (χ1n) is 13.3. The number of pyridine rings is 2. The molecular weight excluding hydrogens is 493 g/mol. The molecule has 8 nitrogen and oxygen atoms in total. The highest BCUT2D eigenvalue weighted by molar-refractivity contribution is 5.63. The lowest BCUT2D eigenvalue weighted by Gasteiger charge is -2.40. The van der Waals surface area contributed by atoms with Gasteiger partial charge in [0.05, 0.1) is 11.3 Å². The predicted octanol–water partition coefficient (Wildman–Crippen LogP) is 4.49. The molecule has 0 radical (unpaired) electrons. The molecule has 0 aromatic carbocycles. The Bertz CT molecular complexity index is 1160. The number of halogens is 3. The van der Waals surface area contributed by atoms with E-state index in [0.717, 1.165) is 67.6 Å². The summed E-state index contributed by atoms with van der Waals surface area (Å²) in [7, 11) is 0. The van der Waals surface area contributed by atoms with Crippen molar-refractivity contribution < 1.29 is 13.2 Å². The van der Waals surface area contributed by atoms with Gasteiger partial charge in [0.2, 0.25) is 0 Å². The van der Waals surface area contributed by atoms with Gasteiger partial charge in [-0.25, -0.2) is 9.97 Å². The summed E-state index contributed by atoms with van der Waals surface area (Å²) in [6, 6.07) is 6.72. The number of aromatic nitrogens is 4. The molecule has 0 amide bonds. The molecule has 0 unspecified atom stereocenters. The molecule has 2 fully saturated rings. The molecule has 204 valence electrons. The first-order valence-corrected chi connectivity index (χ1v) is 13.3. The maximum absolute atomic E-state index is 12.9. The number of nitrogens with one attached hydrogen (secondary N) is 2. The van der Waals surface area contributed by atoms with Crippen LogP contribution in [0.4, 0.5) is 24.8 Å². The van der Waals surface area contributed by atoms with Crippen molar-refractivity contribution in [2.75, 3.05) is 56.0 Å². The van der Waals surface area contributed by atoms with Gasteiger partial charge < -0.3 is 15.1 Å². The van der Waals surface area contributed by atoms with Crippen LogP contribution in [0.1, 0.15) is 37.3 Å². The van der Waals surface area contributed by atoms with Crippen molar-refractivity contribution in [3.63, 3.8) is 0 Å². The molecule has 11 heteroatoms. The zero-order valence-electron chi connectivity index (χ0n) is 21.7. The maximum atomic E-state index is 12.9. The van der Waals surface area contributed by atoms with Crippen LogP contribution in [-0.2, 0) is 12.7 Å². The number of hydrogen-bond donors (Lipinski definition) is 2. The van der Waals surface area contributed by atoms with E-state index in [4.69, 9.17) is 0 Å². The van der Waals surface area contributed by atoms with Gasteiger partial charge in [-0.2, -0.15) is 18.3 Å². The number of alkyl halides is 3. The largest absolute Gasteiger partial charge is 0.417 e. The average molecular weight is 529 g/mol. The van der Waals surface area contributed by atoms with Crippen molar-refractivity contribution in [1.82, 2.24) is 30.0 Å². The van der Waals surface area contributed by atoms with Crippen molar-refractivity contribution in [2.24, 2.45) is 0 Å². The Morgan fingerprint density at radius 3 is 2.50 bits per heavy atom. The van der Waals surface area contributed by atoms with Gasteiger partial charge >= 0.3 is 6.18 Å². The highest BCUT2D eigenvalue weighted by Gasteiger charge is 2.32. The van der Waals surface area contributed by atoms with E-state index in [2.05, 4.69) is 47.1 Å². The molecule has 0 aliphatic carbocycles. The summed E-state index contributed by atoms with van der Waals surface area (Å²) in [5.74, 6) is 1.44. The Balaban J connectivity index is 1.14. The number of likely N-dealkylation sites (tertiary alicyclic amines) is 1. The van der Waals surface area contributed by atoms with Crippen LogP contribution in [0.2, 0.25) is 0 Å². The summed E-state index contributed by atoms with van der Waals surface area (Å²) < 4.78 is 38.6. The highest BCUT2D eigenvalue weighted by Crippen LogP contribution is 2.30. The van der Waals surface area contributed by atoms with Gasteiger partial charge in [-0.15, -0.1) is 0 Å². The minimum absolute atomic E-state index is 0.111. The average Bonchev–Trinajstić information content (AvgIpc) is 3.37. The van der Waals surface area contributed by atoms with Gasteiger partial charge in [-0.05, 0) is 57.1 Å². The monoisotopic (exact) mass is 528 g/mol. The number of H-pyrrole nitrogens is 1.